The Balaban J connectivity index is 2.03. The molecule has 5 nitrogen and oxygen atoms in total. The molecule has 2 aromatic rings. The van der Waals surface area contributed by atoms with Gasteiger partial charge < -0.3 is 10.7 Å². The monoisotopic (exact) mass is 305 g/mol. The Labute approximate surface area is 129 Å². The third kappa shape index (κ3) is 4.06. The van der Waals surface area contributed by atoms with Crippen LogP contribution in [0.15, 0.2) is 24.3 Å². The van der Waals surface area contributed by atoms with E-state index in [-0.39, 0.29) is 0 Å². The molecule has 0 amide bonds. The number of hydrogen-bond donors (Lipinski definition) is 3. The van der Waals surface area contributed by atoms with E-state index in [0.717, 1.165) is 41.6 Å². The summed E-state index contributed by atoms with van der Waals surface area (Å²) in [5.74, 6) is 7.75. The Hall–Kier alpha value is -1.85. The quantitative estimate of drug-likeness (QED) is 0.565. The topological polar surface area (TPSA) is 75.9 Å². The van der Waals surface area contributed by atoms with Gasteiger partial charge >= 0.3 is 0 Å². The first kappa shape index (κ1) is 15.5. The number of hydrazine groups is 1. The molecule has 21 heavy (non-hydrogen) atoms. The summed E-state index contributed by atoms with van der Waals surface area (Å²) in [7, 11) is 0. The molecule has 0 aliphatic heterocycles. The minimum atomic E-state index is 0.663. The second-order valence-electron chi connectivity index (χ2n) is 4.76. The van der Waals surface area contributed by atoms with Gasteiger partial charge in [-0.2, -0.15) is 0 Å². The zero-order chi connectivity index (χ0) is 15.2. The number of nitrogens with zero attached hydrogens (tertiary/aromatic N) is 2. The number of nitrogen functional groups attached to an aromatic ring is 1. The fraction of sp³-hybridized carbons (Fsp3) is 0.333. The van der Waals surface area contributed by atoms with E-state index < -0.39 is 0 Å². The van der Waals surface area contributed by atoms with Gasteiger partial charge in [-0.3, -0.25) is 0 Å². The number of aromatic nitrogens is 2. The number of rotatable bonds is 6. The van der Waals surface area contributed by atoms with Crippen LogP contribution in [-0.2, 0) is 12.8 Å². The number of hydrogen-bond acceptors (Lipinski definition) is 5. The number of anilines is 2. The molecule has 6 heteroatoms. The van der Waals surface area contributed by atoms with E-state index in [9.17, 15) is 0 Å². The molecular formula is C15H20ClN5. The molecule has 0 radical (unpaired) electrons. The van der Waals surface area contributed by atoms with E-state index in [4.69, 9.17) is 17.4 Å². The highest BCUT2D eigenvalue weighted by molar-refractivity contribution is 6.30. The van der Waals surface area contributed by atoms with Crippen LogP contribution in [0.5, 0.6) is 0 Å². The lowest BCUT2D eigenvalue weighted by molar-refractivity contribution is 0.914. The van der Waals surface area contributed by atoms with Crippen LogP contribution in [0.2, 0.25) is 5.02 Å². The minimum absolute atomic E-state index is 0.663. The predicted molar refractivity (Wildman–Crippen MR) is 87.6 cm³/mol. The van der Waals surface area contributed by atoms with Gasteiger partial charge in [0.1, 0.15) is 17.5 Å². The van der Waals surface area contributed by atoms with Crippen molar-refractivity contribution in [1.29, 1.82) is 0 Å². The Morgan fingerprint density at radius 3 is 2.43 bits per heavy atom. The highest BCUT2D eigenvalue weighted by Gasteiger charge is 2.08. The molecule has 1 aromatic heterocycles. The molecule has 0 atom stereocenters. The van der Waals surface area contributed by atoms with E-state index in [0.29, 0.717) is 5.82 Å². The van der Waals surface area contributed by atoms with Gasteiger partial charge in [-0.15, -0.1) is 0 Å². The zero-order valence-electron chi connectivity index (χ0n) is 12.3. The Bertz CT molecular complexity index is 598. The highest BCUT2D eigenvalue weighted by Crippen LogP contribution is 2.19. The van der Waals surface area contributed by atoms with Gasteiger partial charge in [-0.05, 0) is 31.0 Å². The summed E-state index contributed by atoms with van der Waals surface area (Å²) < 4.78 is 0. The average Bonchev–Trinajstić information content (AvgIpc) is 2.51. The Kier molecular flexibility index (Phi) is 5.36. The van der Waals surface area contributed by atoms with E-state index in [1.165, 1.54) is 5.56 Å². The SMILES string of the molecule is CCc1nc(NN)c(C)c(NCCc2ccc(Cl)cc2)n1. The van der Waals surface area contributed by atoms with Gasteiger partial charge in [0.05, 0.1) is 0 Å². The van der Waals surface area contributed by atoms with Crippen molar-refractivity contribution < 1.29 is 0 Å². The van der Waals surface area contributed by atoms with Gasteiger partial charge in [0.15, 0.2) is 0 Å². The Morgan fingerprint density at radius 1 is 1.14 bits per heavy atom. The molecule has 1 heterocycles. The van der Waals surface area contributed by atoms with Crippen molar-refractivity contribution in [1.82, 2.24) is 9.97 Å². The summed E-state index contributed by atoms with van der Waals surface area (Å²) in [5.41, 5.74) is 4.77. The highest BCUT2D eigenvalue weighted by atomic mass is 35.5. The maximum absolute atomic E-state index is 5.88. The first-order valence-electron chi connectivity index (χ1n) is 6.96. The van der Waals surface area contributed by atoms with Crippen molar-refractivity contribution in [3.8, 4) is 0 Å². The van der Waals surface area contributed by atoms with Crippen molar-refractivity contribution >= 4 is 23.2 Å². The smallest absolute Gasteiger partial charge is 0.148 e. The van der Waals surface area contributed by atoms with Crippen LogP contribution in [0.25, 0.3) is 0 Å². The average molecular weight is 306 g/mol. The predicted octanol–water partition coefficient (Wildman–Crippen LogP) is 2.94. The summed E-state index contributed by atoms with van der Waals surface area (Å²) in [6.45, 7) is 4.74. The molecule has 0 bridgehead atoms. The normalized spacial score (nSPS) is 10.5. The fourth-order valence-electron chi connectivity index (χ4n) is 2.01. The summed E-state index contributed by atoms with van der Waals surface area (Å²) >= 11 is 5.88. The maximum Gasteiger partial charge on any atom is 0.148 e. The lowest BCUT2D eigenvalue weighted by Gasteiger charge is -2.13. The number of nitrogens with one attached hydrogen (secondary N) is 2. The molecule has 0 aliphatic rings. The second kappa shape index (κ2) is 7.24. The molecule has 0 aliphatic carbocycles. The van der Waals surface area contributed by atoms with Crippen LogP contribution in [0, 0.1) is 6.92 Å². The third-order valence-corrected chi connectivity index (χ3v) is 3.52. The molecule has 0 saturated heterocycles. The maximum atomic E-state index is 5.88. The standard InChI is InChI=1S/C15H20ClN5/c1-3-13-19-14(10(2)15(20-13)21-17)18-9-8-11-4-6-12(16)7-5-11/h4-7H,3,8-9,17H2,1-2H3,(H2,18,19,20,21). The summed E-state index contributed by atoms with van der Waals surface area (Å²) in [6, 6.07) is 7.86. The largest absolute Gasteiger partial charge is 0.369 e. The van der Waals surface area contributed by atoms with Gasteiger partial charge in [-0.1, -0.05) is 30.7 Å². The number of benzene rings is 1. The molecule has 1 aromatic carbocycles. The van der Waals surface area contributed by atoms with Gasteiger partial charge in [0.2, 0.25) is 0 Å². The lowest BCUT2D eigenvalue weighted by atomic mass is 10.1. The van der Waals surface area contributed by atoms with Crippen molar-refractivity contribution in [2.24, 2.45) is 5.84 Å². The van der Waals surface area contributed by atoms with Crippen molar-refractivity contribution in [2.75, 3.05) is 17.3 Å². The van der Waals surface area contributed by atoms with Crippen molar-refractivity contribution in [2.45, 2.75) is 26.7 Å². The number of halogens is 1. The van der Waals surface area contributed by atoms with E-state index in [2.05, 4.69) is 20.7 Å². The van der Waals surface area contributed by atoms with Gasteiger partial charge in [0, 0.05) is 23.6 Å². The number of aryl methyl sites for hydroxylation is 1. The lowest BCUT2D eigenvalue weighted by Crippen LogP contribution is -2.15. The van der Waals surface area contributed by atoms with E-state index in [1.807, 2.05) is 38.1 Å². The zero-order valence-corrected chi connectivity index (χ0v) is 13.0. The van der Waals surface area contributed by atoms with Crippen LogP contribution in [0.3, 0.4) is 0 Å². The van der Waals surface area contributed by atoms with E-state index >= 15 is 0 Å². The molecule has 2 rings (SSSR count). The van der Waals surface area contributed by atoms with Crippen LogP contribution in [0.4, 0.5) is 11.6 Å². The van der Waals surface area contributed by atoms with Crippen LogP contribution in [-0.4, -0.2) is 16.5 Å². The minimum Gasteiger partial charge on any atom is -0.369 e. The summed E-state index contributed by atoms with van der Waals surface area (Å²) in [4.78, 5) is 8.85. The van der Waals surface area contributed by atoms with Gasteiger partial charge in [0.25, 0.3) is 0 Å². The fourth-order valence-corrected chi connectivity index (χ4v) is 2.14. The molecule has 0 fully saturated rings. The number of nitrogens with two attached hydrogens (primary N) is 1. The van der Waals surface area contributed by atoms with E-state index in [1.54, 1.807) is 0 Å². The van der Waals surface area contributed by atoms with Crippen LogP contribution < -0.4 is 16.6 Å². The van der Waals surface area contributed by atoms with Crippen LogP contribution in [0.1, 0.15) is 23.9 Å². The molecule has 4 N–H and O–H groups in total. The molecule has 0 unspecified atom stereocenters. The van der Waals surface area contributed by atoms with Gasteiger partial charge in [-0.25, -0.2) is 15.8 Å². The first-order chi connectivity index (χ1) is 10.1. The first-order valence-corrected chi connectivity index (χ1v) is 7.34. The second-order valence-corrected chi connectivity index (χ2v) is 5.20. The third-order valence-electron chi connectivity index (χ3n) is 3.26. The van der Waals surface area contributed by atoms with Crippen molar-refractivity contribution in [3.05, 3.63) is 46.2 Å². The van der Waals surface area contributed by atoms with Crippen LogP contribution >= 0.6 is 11.6 Å². The summed E-state index contributed by atoms with van der Waals surface area (Å²) in [6.07, 6.45) is 1.66. The Morgan fingerprint density at radius 2 is 1.81 bits per heavy atom. The van der Waals surface area contributed by atoms with Crippen molar-refractivity contribution in [3.63, 3.8) is 0 Å². The molecule has 112 valence electrons. The molecule has 0 spiro atoms. The summed E-state index contributed by atoms with van der Waals surface area (Å²) in [5, 5.41) is 4.10. The molecule has 0 saturated carbocycles. The molecular weight excluding hydrogens is 286 g/mol.